The molecule has 3 rings (SSSR count). The summed E-state index contributed by atoms with van der Waals surface area (Å²) in [7, 11) is -3.60. The Morgan fingerprint density at radius 3 is 2.08 bits per heavy atom. The molecule has 1 aromatic heterocycles. The smallest absolute Gasteiger partial charge is 0.260 e. The standard InChI is InChI=1S/C27H38N4O3S2.ClH/c1-6-16-30(17-7-2)36(33,34)23-13-11-22(12-14-23)26(32)31(19-18-29(8-3)9-4)27-28-24-15-10-21(5)20-25(24)35-27;/h10-15,20H,6-9,16-19H2,1-5H3;1H. The molecule has 1 amide bonds. The lowest BCUT2D eigenvalue weighted by Crippen LogP contribution is -2.39. The third-order valence-electron chi connectivity index (χ3n) is 6.23. The number of aryl methyl sites for hydroxylation is 1. The molecule has 0 aliphatic carbocycles. The van der Waals surface area contributed by atoms with Crippen LogP contribution >= 0.6 is 23.7 Å². The van der Waals surface area contributed by atoms with Gasteiger partial charge in [-0.2, -0.15) is 4.31 Å². The number of amides is 1. The lowest BCUT2D eigenvalue weighted by Gasteiger charge is -2.25. The second kappa shape index (κ2) is 14.2. The number of anilines is 1. The van der Waals surface area contributed by atoms with Crippen LogP contribution in [0.1, 0.15) is 56.5 Å². The van der Waals surface area contributed by atoms with Crippen LogP contribution < -0.4 is 4.90 Å². The maximum atomic E-state index is 13.7. The maximum Gasteiger partial charge on any atom is 0.260 e. The number of fused-ring (bicyclic) bond motifs is 1. The number of likely N-dealkylation sites (N-methyl/N-ethyl adjacent to an activating group) is 1. The van der Waals surface area contributed by atoms with E-state index in [1.54, 1.807) is 29.2 Å². The van der Waals surface area contributed by atoms with Gasteiger partial charge in [0.05, 0.1) is 15.1 Å². The zero-order valence-electron chi connectivity index (χ0n) is 22.4. The van der Waals surface area contributed by atoms with Gasteiger partial charge in [-0.05, 0) is 74.8 Å². The Hall–Kier alpha value is -2.04. The van der Waals surface area contributed by atoms with E-state index in [2.05, 4.69) is 24.8 Å². The summed E-state index contributed by atoms with van der Waals surface area (Å²) in [5.74, 6) is -0.180. The van der Waals surface area contributed by atoms with Gasteiger partial charge in [0.15, 0.2) is 5.13 Å². The van der Waals surface area contributed by atoms with E-state index in [1.165, 1.54) is 15.6 Å². The Bertz CT molecular complexity index is 1250. The topological polar surface area (TPSA) is 73.8 Å². The summed E-state index contributed by atoms with van der Waals surface area (Å²) in [6.07, 6.45) is 1.50. The van der Waals surface area contributed by atoms with Crippen LogP contribution in [-0.2, 0) is 10.0 Å². The number of hydrogen-bond acceptors (Lipinski definition) is 6. The zero-order valence-corrected chi connectivity index (χ0v) is 24.9. The fourth-order valence-corrected chi connectivity index (χ4v) is 6.84. The summed E-state index contributed by atoms with van der Waals surface area (Å²) in [5.41, 5.74) is 2.46. The van der Waals surface area contributed by atoms with Crippen molar-refractivity contribution in [3.05, 3.63) is 53.6 Å². The first-order valence-electron chi connectivity index (χ1n) is 12.8. The SMILES string of the molecule is CCCN(CCC)S(=O)(=O)c1ccc(C(=O)N(CCN(CC)CC)c2nc3ccc(C)cc3s2)cc1.Cl. The van der Waals surface area contributed by atoms with Gasteiger partial charge >= 0.3 is 0 Å². The number of carbonyl (C=O) groups excluding carboxylic acids is 1. The quantitative estimate of drug-likeness (QED) is 0.260. The summed E-state index contributed by atoms with van der Waals surface area (Å²) in [6.45, 7) is 14.2. The number of benzene rings is 2. The first-order valence-corrected chi connectivity index (χ1v) is 15.0. The molecule has 0 spiro atoms. The van der Waals surface area contributed by atoms with Crippen LogP contribution in [-0.4, -0.2) is 67.8 Å². The minimum absolute atomic E-state index is 0. The van der Waals surface area contributed by atoms with Gasteiger partial charge in [0, 0.05) is 31.7 Å². The van der Waals surface area contributed by atoms with Gasteiger partial charge < -0.3 is 4.90 Å². The van der Waals surface area contributed by atoms with E-state index in [0.29, 0.717) is 30.3 Å². The van der Waals surface area contributed by atoms with Crippen molar-refractivity contribution in [2.75, 3.05) is 44.2 Å². The van der Waals surface area contributed by atoms with Crippen LogP contribution in [0.15, 0.2) is 47.4 Å². The molecular weight excluding hydrogens is 528 g/mol. The minimum Gasteiger partial charge on any atom is -0.302 e. The van der Waals surface area contributed by atoms with Crippen molar-refractivity contribution in [1.82, 2.24) is 14.2 Å². The molecule has 37 heavy (non-hydrogen) atoms. The first kappa shape index (κ1) is 31.2. The second-order valence-corrected chi connectivity index (χ2v) is 11.8. The van der Waals surface area contributed by atoms with Crippen LogP contribution in [0, 0.1) is 6.92 Å². The summed E-state index contributed by atoms with van der Waals surface area (Å²) < 4.78 is 28.8. The molecule has 0 fully saturated rings. The molecule has 10 heteroatoms. The molecule has 0 atom stereocenters. The van der Waals surface area contributed by atoms with Crippen molar-refractivity contribution < 1.29 is 13.2 Å². The number of carbonyl (C=O) groups is 1. The van der Waals surface area contributed by atoms with Crippen LogP contribution in [0.4, 0.5) is 5.13 Å². The maximum absolute atomic E-state index is 13.7. The van der Waals surface area contributed by atoms with E-state index >= 15 is 0 Å². The van der Waals surface area contributed by atoms with Crippen LogP contribution in [0.3, 0.4) is 0 Å². The van der Waals surface area contributed by atoms with E-state index in [4.69, 9.17) is 4.98 Å². The second-order valence-electron chi connectivity index (χ2n) is 8.88. The minimum atomic E-state index is -3.60. The van der Waals surface area contributed by atoms with Gasteiger partial charge in [-0.15, -0.1) is 12.4 Å². The average molecular weight is 567 g/mol. The highest BCUT2D eigenvalue weighted by atomic mass is 35.5. The van der Waals surface area contributed by atoms with Crippen LogP contribution in [0.5, 0.6) is 0 Å². The highest BCUT2D eigenvalue weighted by Gasteiger charge is 2.25. The molecule has 0 saturated carbocycles. The highest BCUT2D eigenvalue weighted by molar-refractivity contribution is 7.89. The van der Waals surface area contributed by atoms with Crippen molar-refractivity contribution in [2.24, 2.45) is 0 Å². The Labute approximate surface area is 231 Å². The normalized spacial score (nSPS) is 11.8. The molecule has 0 N–H and O–H groups in total. The van der Waals surface area contributed by atoms with E-state index in [0.717, 1.165) is 48.3 Å². The fraction of sp³-hybridized carbons (Fsp3) is 0.481. The largest absolute Gasteiger partial charge is 0.302 e. The molecule has 0 radical (unpaired) electrons. The molecule has 0 unspecified atom stereocenters. The summed E-state index contributed by atoms with van der Waals surface area (Å²) >= 11 is 1.50. The number of thiazole rings is 1. The highest BCUT2D eigenvalue weighted by Crippen LogP contribution is 2.30. The van der Waals surface area contributed by atoms with Gasteiger partial charge in [0.25, 0.3) is 5.91 Å². The van der Waals surface area contributed by atoms with Crippen molar-refractivity contribution in [3.8, 4) is 0 Å². The number of halogens is 1. The Morgan fingerprint density at radius 2 is 1.51 bits per heavy atom. The molecule has 204 valence electrons. The third kappa shape index (κ3) is 7.51. The van der Waals surface area contributed by atoms with E-state index in [9.17, 15) is 13.2 Å². The molecule has 2 aromatic carbocycles. The van der Waals surface area contributed by atoms with E-state index in [-0.39, 0.29) is 23.2 Å². The van der Waals surface area contributed by atoms with Gasteiger partial charge in [0.1, 0.15) is 0 Å². The first-order chi connectivity index (χ1) is 17.2. The lowest BCUT2D eigenvalue weighted by atomic mass is 10.2. The Balaban J connectivity index is 0.00000481. The van der Waals surface area contributed by atoms with Crippen molar-refractivity contribution in [1.29, 1.82) is 0 Å². The molecule has 1 heterocycles. The monoisotopic (exact) mass is 566 g/mol. The third-order valence-corrected chi connectivity index (χ3v) is 9.18. The number of hydrogen-bond donors (Lipinski definition) is 0. The number of sulfonamides is 1. The molecule has 0 aliphatic heterocycles. The zero-order chi connectivity index (χ0) is 26.3. The van der Waals surface area contributed by atoms with E-state index < -0.39 is 10.0 Å². The number of rotatable bonds is 13. The van der Waals surface area contributed by atoms with Crippen LogP contribution in [0.25, 0.3) is 10.2 Å². The number of aromatic nitrogens is 1. The molecular formula is C27H39ClN4O3S2. The predicted octanol–water partition coefficient (Wildman–Crippen LogP) is 5.83. The fourth-order valence-electron chi connectivity index (χ4n) is 4.13. The van der Waals surface area contributed by atoms with Gasteiger partial charge in [-0.3, -0.25) is 9.69 Å². The van der Waals surface area contributed by atoms with Gasteiger partial charge in [0.2, 0.25) is 10.0 Å². The van der Waals surface area contributed by atoms with Crippen molar-refractivity contribution in [2.45, 2.75) is 52.4 Å². The Kier molecular flexibility index (Phi) is 12.0. The Morgan fingerprint density at radius 1 is 0.892 bits per heavy atom. The molecule has 7 nitrogen and oxygen atoms in total. The lowest BCUT2D eigenvalue weighted by molar-refractivity contribution is 0.0983. The molecule has 3 aromatic rings. The summed E-state index contributed by atoms with van der Waals surface area (Å²) in [5, 5.41) is 0.654. The molecule has 0 aliphatic rings. The predicted molar refractivity (Wildman–Crippen MR) is 157 cm³/mol. The van der Waals surface area contributed by atoms with E-state index in [1.807, 2.05) is 32.9 Å². The summed E-state index contributed by atoms with van der Waals surface area (Å²) in [4.78, 5) is 22.7. The molecule has 0 bridgehead atoms. The summed E-state index contributed by atoms with van der Waals surface area (Å²) in [6, 6.07) is 12.4. The molecule has 0 saturated heterocycles. The van der Waals surface area contributed by atoms with Gasteiger partial charge in [-0.1, -0.05) is 45.1 Å². The van der Waals surface area contributed by atoms with Crippen LogP contribution in [0.2, 0.25) is 0 Å². The van der Waals surface area contributed by atoms with Gasteiger partial charge in [-0.25, -0.2) is 13.4 Å². The average Bonchev–Trinajstić information content (AvgIpc) is 3.29. The number of nitrogens with zero attached hydrogens (tertiary/aromatic N) is 4. The van der Waals surface area contributed by atoms with Crippen molar-refractivity contribution >= 4 is 55.0 Å². The van der Waals surface area contributed by atoms with Crippen molar-refractivity contribution in [3.63, 3.8) is 0 Å².